The number of nitrogens with zero attached hydrogens (tertiary/aromatic N) is 6. The number of ether oxygens (including phenoxy) is 4. The molecule has 0 atom stereocenters. The summed E-state index contributed by atoms with van der Waals surface area (Å²) in [5.41, 5.74) is 4.53. The van der Waals surface area contributed by atoms with Crippen molar-refractivity contribution in [3.8, 4) is 28.3 Å². The number of hydrogen-bond donors (Lipinski definition) is 1. The molecule has 1 aliphatic rings. The van der Waals surface area contributed by atoms with Gasteiger partial charge >= 0.3 is 12.2 Å². The number of amides is 1. The summed E-state index contributed by atoms with van der Waals surface area (Å²) < 4.78 is 23.6. The van der Waals surface area contributed by atoms with Crippen LogP contribution in [0.4, 0.5) is 26.8 Å². The zero-order chi connectivity index (χ0) is 36.3. The molecule has 1 amide bonds. The number of benzene rings is 2. The number of fused-ring (bicyclic) bond motifs is 1. The molecular weight excluding hydrogens is 650 g/mol. The SMILES string of the molecule is COc1cncc(CNc2cccc(-c3nc4c(c(N(C(=O)OC(C)(C)C)c5ccc(-c6cnn(C(=O)OC(C)(C)C)c6)cc5)n3)COC4)c2)c1. The van der Waals surface area contributed by atoms with Crippen LogP contribution in [-0.4, -0.2) is 55.2 Å². The van der Waals surface area contributed by atoms with E-state index < -0.39 is 23.4 Å². The Hall–Kier alpha value is -5.82. The van der Waals surface area contributed by atoms with Crippen molar-refractivity contribution in [3.63, 3.8) is 0 Å². The monoisotopic (exact) mass is 691 g/mol. The average molecular weight is 692 g/mol. The number of anilines is 3. The Morgan fingerprint density at radius 2 is 1.65 bits per heavy atom. The molecule has 0 unspecified atom stereocenters. The Balaban J connectivity index is 1.33. The molecule has 4 heterocycles. The van der Waals surface area contributed by atoms with Crippen LogP contribution in [0.1, 0.15) is 58.4 Å². The molecule has 0 saturated carbocycles. The van der Waals surface area contributed by atoms with Crippen LogP contribution < -0.4 is 15.0 Å². The van der Waals surface area contributed by atoms with Gasteiger partial charge in [-0.3, -0.25) is 4.98 Å². The second kappa shape index (κ2) is 14.2. The molecule has 1 aliphatic heterocycles. The Kier molecular flexibility index (Phi) is 9.75. The fourth-order valence-corrected chi connectivity index (χ4v) is 5.30. The lowest BCUT2D eigenvalue weighted by molar-refractivity contribution is 0.0513. The Morgan fingerprint density at radius 3 is 2.37 bits per heavy atom. The summed E-state index contributed by atoms with van der Waals surface area (Å²) >= 11 is 0. The standard InChI is InChI=1S/C38H41N7O6/c1-37(2,3)50-35(46)44-21-27(19-41-44)25-11-13-29(14-12-25)45(36(47)51-38(4,5)6)34-31-22-49-23-32(31)42-33(43-34)26-9-8-10-28(16-26)40-18-24-15-30(48-7)20-39-17-24/h8-17,19-21,40H,18,22-23H2,1-7H3. The van der Waals surface area contributed by atoms with E-state index >= 15 is 0 Å². The van der Waals surface area contributed by atoms with Gasteiger partial charge in [-0.15, -0.1) is 0 Å². The van der Waals surface area contributed by atoms with Crippen molar-refractivity contribution >= 4 is 29.4 Å². The highest BCUT2D eigenvalue weighted by molar-refractivity contribution is 5.96. The second-order valence-corrected chi connectivity index (χ2v) is 14.0. The van der Waals surface area contributed by atoms with Crippen LogP contribution in [0.25, 0.3) is 22.5 Å². The number of carbonyl (C=O) groups is 2. The minimum Gasteiger partial charge on any atom is -0.495 e. The maximum atomic E-state index is 14.0. The molecule has 6 rings (SSSR count). The Labute approximate surface area is 296 Å². The molecule has 13 nitrogen and oxygen atoms in total. The summed E-state index contributed by atoms with van der Waals surface area (Å²) in [7, 11) is 1.61. The van der Waals surface area contributed by atoms with Crippen molar-refractivity contribution < 1.29 is 28.5 Å². The van der Waals surface area contributed by atoms with Gasteiger partial charge in [-0.1, -0.05) is 24.3 Å². The van der Waals surface area contributed by atoms with Crippen molar-refractivity contribution in [2.75, 3.05) is 17.3 Å². The molecule has 0 radical (unpaired) electrons. The third-order valence-electron chi connectivity index (χ3n) is 7.59. The predicted octanol–water partition coefficient (Wildman–Crippen LogP) is 7.91. The minimum atomic E-state index is -0.778. The summed E-state index contributed by atoms with van der Waals surface area (Å²) in [6, 6.07) is 17.0. The van der Waals surface area contributed by atoms with Crippen LogP contribution in [0.3, 0.4) is 0 Å². The fourth-order valence-electron chi connectivity index (χ4n) is 5.30. The van der Waals surface area contributed by atoms with Gasteiger partial charge in [0.05, 0.1) is 44.1 Å². The van der Waals surface area contributed by atoms with Gasteiger partial charge in [0.2, 0.25) is 0 Å². The second-order valence-electron chi connectivity index (χ2n) is 14.0. The van der Waals surface area contributed by atoms with Gasteiger partial charge in [-0.25, -0.2) is 24.5 Å². The zero-order valence-electron chi connectivity index (χ0n) is 29.8. The third kappa shape index (κ3) is 8.50. The van der Waals surface area contributed by atoms with E-state index in [1.165, 1.54) is 4.90 Å². The van der Waals surface area contributed by atoms with E-state index in [9.17, 15) is 9.59 Å². The molecule has 0 spiro atoms. The number of hydrogen-bond acceptors (Lipinski definition) is 11. The fraction of sp³-hybridized carbons (Fsp3) is 0.316. The third-order valence-corrected chi connectivity index (χ3v) is 7.59. The van der Waals surface area contributed by atoms with E-state index in [0.717, 1.165) is 27.1 Å². The van der Waals surface area contributed by atoms with Gasteiger partial charge in [0.25, 0.3) is 0 Å². The number of carbonyl (C=O) groups excluding carboxylic acids is 2. The molecule has 2 aromatic carbocycles. The van der Waals surface area contributed by atoms with Crippen LogP contribution in [0, 0.1) is 0 Å². The average Bonchev–Trinajstić information content (AvgIpc) is 3.77. The topological polar surface area (TPSA) is 143 Å². The predicted molar refractivity (Wildman–Crippen MR) is 192 cm³/mol. The summed E-state index contributed by atoms with van der Waals surface area (Å²) in [4.78, 5) is 42.0. The lowest BCUT2D eigenvalue weighted by atomic mass is 10.1. The molecule has 0 aliphatic carbocycles. The first kappa shape index (κ1) is 35.0. The van der Waals surface area contributed by atoms with Crippen molar-refractivity contribution in [2.24, 2.45) is 0 Å². The molecule has 0 fully saturated rings. The smallest absolute Gasteiger partial charge is 0.435 e. The van der Waals surface area contributed by atoms with E-state index in [-0.39, 0.29) is 13.2 Å². The van der Waals surface area contributed by atoms with Crippen molar-refractivity contribution in [3.05, 3.63) is 96.2 Å². The van der Waals surface area contributed by atoms with Crippen molar-refractivity contribution in [2.45, 2.75) is 72.5 Å². The highest BCUT2D eigenvalue weighted by Gasteiger charge is 2.32. The van der Waals surface area contributed by atoms with Crippen LogP contribution >= 0.6 is 0 Å². The first-order valence-corrected chi connectivity index (χ1v) is 16.5. The van der Waals surface area contributed by atoms with Crippen LogP contribution in [0.15, 0.2) is 79.4 Å². The van der Waals surface area contributed by atoms with Gasteiger partial charge in [0, 0.05) is 41.3 Å². The van der Waals surface area contributed by atoms with Gasteiger partial charge in [-0.2, -0.15) is 9.78 Å². The Morgan fingerprint density at radius 1 is 0.882 bits per heavy atom. The maximum Gasteiger partial charge on any atom is 0.435 e. The molecule has 0 saturated heterocycles. The molecular formula is C38H41N7O6. The first-order chi connectivity index (χ1) is 24.3. The molecule has 0 bridgehead atoms. The number of rotatable bonds is 8. The minimum absolute atomic E-state index is 0.238. The first-order valence-electron chi connectivity index (χ1n) is 16.5. The van der Waals surface area contributed by atoms with Gasteiger partial charge in [0.15, 0.2) is 11.6 Å². The van der Waals surface area contributed by atoms with E-state index in [0.29, 0.717) is 46.4 Å². The summed E-state index contributed by atoms with van der Waals surface area (Å²) in [5, 5.41) is 7.61. The van der Waals surface area contributed by atoms with Crippen LogP contribution in [-0.2, 0) is 34.0 Å². The molecule has 1 N–H and O–H groups in total. The molecule has 5 aromatic rings. The number of nitrogens with one attached hydrogen (secondary N) is 1. The number of pyridine rings is 1. The zero-order valence-corrected chi connectivity index (χ0v) is 29.8. The highest BCUT2D eigenvalue weighted by Crippen LogP contribution is 2.36. The van der Waals surface area contributed by atoms with Gasteiger partial charge < -0.3 is 24.3 Å². The van der Waals surface area contributed by atoms with Crippen LogP contribution in [0.5, 0.6) is 5.75 Å². The summed E-state index contributed by atoms with van der Waals surface area (Å²) in [5.74, 6) is 1.48. The van der Waals surface area contributed by atoms with E-state index in [2.05, 4.69) is 15.4 Å². The van der Waals surface area contributed by atoms with Crippen molar-refractivity contribution in [1.29, 1.82) is 0 Å². The quantitative estimate of drug-likeness (QED) is 0.170. The highest BCUT2D eigenvalue weighted by atomic mass is 16.6. The molecule has 13 heteroatoms. The molecule has 264 valence electrons. The summed E-state index contributed by atoms with van der Waals surface area (Å²) in [6.07, 6.45) is 5.45. The lowest BCUT2D eigenvalue weighted by Crippen LogP contribution is -2.35. The summed E-state index contributed by atoms with van der Waals surface area (Å²) in [6.45, 7) is 11.9. The lowest BCUT2D eigenvalue weighted by Gasteiger charge is -2.28. The van der Waals surface area contributed by atoms with E-state index in [1.54, 1.807) is 64.8 Å². The van der Waals surface area contributed by atoms with Crippen LogP contribution in [0.2, 0.25) is 0 Å². The maximum absolute atomic E-state index is 14.0. The van der Waals surface area contributed by atoms with E-state index in [4.69, 9.17) is 28.9 Å². The number of aromatic nitrogens is 5. The molecule has 51 heavy (non-hydrogen) atoms. The Bertz CT molecular complexity index is 2050. The normalized spacial score (nSPS) is 12.6. The van der Waals surface area contributed by atoms with Gasteiger partial charge in [0.1, 0.15) is 17.0 Å². The largest absolute Gasteiger partial charge is 0.495 e. The van der Waals surface area contributed by atoms with Crippen molar-refractivity contribution in [1.82, 2.24) is 24.7 Å². The van der Waals surface area contributed by atoms with Gasteiger partial charge in [-0.05, 0) is 83.0 Å². The molecule has 3 aromatic heterocycles. The number of methoxy groups -OCH3 is 1. The van der Waals surface area contributed by atoms with E-state index in [1.807, 2.05) is 63.2 Å².